The zero-order valence-corrected chi connectivity index (χ0v) is 12.8. The third kappa shape index (κ3) is 4.08. The van der Waals surface area contributed by atoms with Gasteiger partial charge in [0.2, 0.25) is 0 Å². The van der Waals surface area contributed by atoms with Gasteiger partial charge in [0.1, 0.15) is 10.7 Å². The molecule has 0 aromatic carbocycles. The third-order valence-corrected chi connectivity index (χ3v) is 4.12. The molecular weight excluding hydrogens is 276 g/mol. The van der Waals surface area contributed by atoms with Crippen LogP contribution in [0.1, 0.15) is 29.9 Å². The van der Waals surface area contributed by atoms with Gasteiger partial charge in [0, 0.05) is 25.6 Å². The molecule has 2 heterocycles. The van der Waals surface area contributed by atoms with Crippen LogP contribution in [0.5, 0.6) is 0 Å². The molecule has 0 aliphatic carbocycles. The smallest absolute Gasteiger partial charge is 0.265 e. The molecule has 1 amide bonds. The monoisotopic (exact) mass is 298 g/mol. The number of amides is 1. The number of thiazole rings is 1. The Morgan fingerprint density at radius 1 is 1.60 bits per heavy atom. The fourth-order valence-electron chi connectivity index (χ4n) is 1.92. The quantitative estimate of drug-likeness (QED) is 0.741. The molecule has 1 atom stereocenters. The number of anilines is 2. The highest BCUT2D eigenvalue weighted by Gasteiger charge is 2.20. The minimum Gasteiger partial charge on any atom is -0.382 e. The van der Waals surface area contributed by atoms with Crippen LogP contribution in [0, 0.1) is 11.8 Å². The summed E-state index contributed by atoms with van der Waals surface area (Å²) in [7, 11) is 0. The Morgan fingerprint density at radius 3 is 3.05 bits per heavy atom. The van der Waals surface area contributed by atoms with Gasteiger partial charge in [-0.25, -0.2) is 4.98 Å². The van der Waals surface area contributed by atoms with E-state index in [1.165, 1.54) is 11.3 Å². The molecule has 1 aliphatic rings. The first kappa shape index (κ1) is 15.1. The largest absolute Gasteiger partial charge is 0.382 e. The molecule has 20 heavy (non-hydrogen) atoms. The van der Waals surface area contributed by atoms with Crippen molar-refractivity contribution in [3.63, 3.8) is 0 Å². The standard InChI is InChI=1S/C13H22N4O2S/c1-8(2)5-16-13-17-11(14)10(20-13)12(18)15-6-9-3-4-19-7-9/h8-9H,3-7,14H2,1-2H3,(H,15,18)(H,16,17). The molecule has 0 bridgehead atoms. The first-order chi connectivity index (χ1) is 9.56. The minimum atomic E-state index is -0.149. The Balaban J connectivity index is 1.88. The molecule has 0 saturated carbocycles. The van der Waals surface area contributed by atoms with Crippen molar-refractivity contribution < 1.29 is 9.53 Å². The van der Waals surface area contributed by atoms with Gasteiger partial charge >= 0.3 is 0 Å². The number of hydrogen-bond acceptors (Lipinski definition) is 6. The first-order valence-electron chi connectivity index (χ1n) is 6.92. The average molecular weight is 298 g/mol. The molecule has 6 nitrogen and oxygen atoms in total. The first-order valence-corrected chi connectivity index (χ1v) is 7.74. The van der Waals surface area contributed by atoms with Crippen molar-refractivity contribution in [3.05, 3.63) is 4.88 Å². The van der Waals surface area contributed by atoms with Crippen LogP contribution in [-0.2, 0) is 4.74 Å². The molecule has 0 spiro atoms. The van der Waals surface area contributed by atoms with Gasteiger partial charge in [0.15, 0.2) is 5.13 Å². The second-order valence-corrected chi connectivity index (χ2v) is 6.45. The summed E-state index contributed by atoms with van der Waals surface area (Å²) in [6.07, 6.45) is 1.000. The predicted octanol–water partition coefficient (Wildman–Crippen LogP) is 1.56. The number of nitrogen functional groups attached to an aromatic ring is 1. The van der Waals surface area contributed by atoms with E-state index < -0.39 is 0 Å². The molecule has 2 rings (SSSR count). The second kappa shape index (κ2) is 6.90. The van der Waals surface area contributed by atoms with E-state index in [2.05, 4.69) is 29.5 Å². The van der Waals surface area contributed by atoms with E-state index in [-0.39, 0.29) is 5.91 Å². The summed E-state index contributed by atoms with van der Waals surface area (Å²) in [5, 5.41) is 6.79. The van der Waals surface area contributed by atoms with Crippen LogP contribution in [0.15, 0.2) is 0 Å². The van der Waals surface area contributed by atoms with Crippen molar-refractivity contribution in [3.8, 4) is 0 Å². The lowest BCUT2D eigenvalue weighted by Gasteiger charge is -2.08. The van der Waals surface area contributed by atoms with Crippen molar-refractivity contribution in [2.45, 2.75) is 20.3 Å². The van der Waals surface area contributed by atoms with Gasteiger partial charge in [-0.1, -0.05) is 25.2 Å². The number of hydrogen-bond donors (Lipinski definition) is 3. The van der Waals surface area contributed by atoms with Crippen LogP contribution in [0.25, 0.3) is 0 Å². The van der Waals surface area contributed by atoms with Gasteiger partial charge in [0.25, 0.3) is 5.91 Å². The third-order valence-electron chi connectivity index (χ3n) is 3.10. The summed E-state index contributed by atoms with van der Waals surface area (Å²) in [5.41, 5.74) is 5.81. The van der Waals surface area contributed by atoms with Crippen LogP contribution in [-0.4, -0.2) is 37.2 Å². The average Bonchev–Trinajstić information content (AvgIpc) is 3.03. The topological polar surface area (TPSA) is 89.3 Å². The highest BCUT2D eigenvalue weighted by Crippen LogP contribution is 2.25. The Hall–Kier alpha value is -1.34. The number of carbonyl (C=O) groups is 1. The van der Waals surface area contributed by atoms with Gasteiger partial charge in [-0.05, 0) is 12.3 Å². The van der Waals surface area contributed by atoms with Crippen molar-refractivity contribution in [2.24, 2.45) is 11.8 Å². The molecular formula is C13H22N4O2S. The van der Waals surface area contributed by atoms with Crippen LogP contribution >= 0.6 is 11.3 Å². The van der Waals surface area contributed by atoms with Crippen molar-refractivity contribution in [1.29, 1.82) is 0 Å². The van der Waals surface area contributed by atoms with Gasteiger partial charge in [0.05, 0.1) is 6.61 Å². The molecule has 1 fully saturated rings. The van der Waals surface area contributed by atoms with Crippen LogP contribution in [0.2, 0.25) is 0 Å². The molecule has 0 radical (unpaired) electrons. The number of carbonyl (C=O) groups excluding carboxylic acids is 1. The number of nitrogens with one attached hydrogen (secondary N) is 2. The lowest BCUT2D eigenvalue weighted by molar-refractivity contribution is 0.0949. The summed E-state index contributed by atoms with van der Waals surface area (Å²) in [6.45, 7) is 7.17. The maximum absolute atomic E-state index is 12.1. The second-order valence-electron chi connectivity index (χ2n) is 5.45. The van der Waals surface area contributed by atoms with Crippen molar-refractivity contribution >= 4 is 28.2 Å². The van der Waals surface area contributed by atoms with Gasteiger partial charge in [-0.3, -0.25) is 4.79 Å². The highest BCUT2D eigenvalue weighted by atomic mass is 32.1. The SMILES string of the molecule is CC(C)CNc1nc(N)c(C(=O)NCC2CCOC2)s1. The summed E-state index contributed by atoms with van der Waals surface area (Å²) in [5.74, 6) is 1.07. The summed E-state index contributed by atoms with van der Waals surface area (Å²) in [6, 6.07) is 0. The van der Waals surface area contributed by atoms with Gasteiger partial charge in [-0.15, -0.1) is 0 Å². The molecule has 112 valence electrons. The number of nitrogens with zero attached hydrogens (tertiary/aromatic N) is 1. The Labute approximate surface area is 123 Å². The lowest BCUT2D eigenvalue weighted by Crippen LogP contribution is -2.29. The Bertz CT molecular complexity index is 455. The molecule has 1 aromatic heterocycles. The van der Waals surface area contributed by atoms with E-state index in [0.29, 0.717) is 34.2 Å². The van der Waals surface area contributed by atoms with Crippen LogP contribution < -0.4 is 16.4 Å². The summed E-state index contributed by atoms with van der Waals surface area (Å²) in [4.78, 5) is 16.7. The van der Waals surface area contributed by atoms with E-state index in [9.17, 15) is 4.79 Å². The fraction of sp³-hybridized carbons (Fsp3) is 0.692. The normalized spacial score (nSPS) is 18.4. The molecule has 1 unspecified atom stereocenters. The maximum Gasteiger partial charge on any atom is 0.265 e. The zero-order chi connectivity index (χ0) is 14.5. The molecule has 7 heteroatoms. The Morgan fingerprint density at radius 2 is 2.40 bits per heavy atom. The fourth-order valence-corrected chi connectivity index (χ4v) is 2.73. The molecule has 1 aromatic rings. The molecule has 4 N–H and O–H groups in total. The maximum atomic E-state index is 12.1. The van der Waals surface area contributed by atoms with E-state index in [1.54, 1.807) is 0 Å². The van der Waals surface area contributed by atoms with Crippen molar-refractivity contribution in [1.82, 2.24) is 10.3 Å². The predicted molar refractivity (Wildman–Crippen MR) is 81.1 cm³/mol. The lowest BCUT2D eigenvalue weighted by atomic mass is 10.1. The minimum absolute atomic E-state index is 0.149. The molecule has 1 saturated heterocycles. The number of rotatable bonds is 6. The van der Waals surface area contributed by atoms with E-state index >= 15 is 0 Å². The zero-order valence-electron chi connectivity index (χ0n) is 11.9. The van der Waals surface area contributed by atoms with E-state index in [0.717, 1.165) is 26.2 Å². The van der Waals surface area contributed by atoms with Gasteiger partial charge < -0.3 is 21.1 Å². The van der Waals surface area contributed by atoms with Crippen LogP contribution in [0.4, 0.5) is 10.9 Å². The molecule has 1 aliphatic heterocycles. The number of aromatic nitrogens is 1. The summed E-state index contributed by atoms with van der Waals surface area (Å²) >= 11 is 1.30. The number of nitrogens with two attached hydrogens (primary N) is 1. The highest BCUT2D eigenvalue weighted by molar-refractivity contribution is 7.18. The van der Waals surface area contributed by atoms with E-state index in [1.807, 2.05) is 0 Å². The van der Waals surface area contributed by atoms with Crippen molar-refractivity contribution in [2.75, 3.05) is 37.4 Å². The Kier molecular flexibility index (Phi) is 5.19. The summed E-state index contributed by atoms with van der Waals surface area (Å²) < 4.78 is 5.28. The number of ether oxygens (including phenoxy) is 1. The van der Waals surface area contributed by atoms with Gasteiger partial charge in [-0.2, -0.15) is 0 Å². The van der Waals surface area contributed by atoms with E-state index in [4.69, 9.17) is 10.5 Å². The van der Waals surface area contributed by atoms with Crippen LogP contribution in [0.3, 0.4) is 0 Å².